The molecule has 0 spiro atoms. The van der Waals surface area contributed by atoms with Gasteiger partial charge >= 0.3 is 200 Å². The minimum atomic E-state index is -1.09. The van der Waals surface area contributed by atoms with Crippen molar-refractivity contribution >= 4 is 7.26 Å². The van der Waals surface area contributed by atoms with Crippen LogP contribution in [0.4, 0.5) is 0 Å². The van der Waals surface area contributed by atoms with Crippen LogP contribution >= 0.6 is 7.26 Å². The van der Waals surface area contributed by atoms with Crippen LogP contribution in [0.3, 0.4) is 0 Å². The molecule has 2 heteroatoms. The van der Waals surface area contributed by atoms with Gasteiger partial charge in [0, 0.05) is 0 Å². The van der Waals surface area contributed by atoms with E-state index in [2.05, 4.69) is 39.8 Å². The maximum absolute atomic E-state index is 2.42. The second-order valence-electron chi connectivity index (χ2n) is 11.0. The fourth-order valence-corrected chi connectivity index (χ4v) is 10.8. The van der Waals surface area contributed by atoms with E-state index in [1.54, 1.807) is 43.9 Å². The standard InChI is InChI=1S/C29H64NP/c1-6-9-12-15-18-21-26-31(29-24-25-30(4)5,27-22-19-16-13-10-7-2)28-23-20-17-14-11-8-3/h31H,6-29H2,1-5H3. The molecule has 0 amide bonds. The first-order chi connectivity index (χ1) is 15.1. The molecular weight excluding hydrogens is 393 g/mol. The van der Waals surface area contributed by atoms with Gasteiger partial charge < -0.3 is 0 Å². The third-order valence-corrected chi connectivity index (χ3v) is 13.2. The fourth-order valence-electron chi connectivity index (χ4n) is 5.36. The summed E-state index contributed by atoms with van der Waals surface area (Å²) in [6.45, 7) is 8.31. The third kappa shape index (κ3) is 20.7. The average Bonchev–Trinajstić information content (AvgIpc) is 2.75. The van der Waals surface area contributed by atoms with Crippen LogP contribution in [0.5, 0.6) is 0 Å². The van der Waals surface area contributed by atoms with Crippen LogP contribution in [0.25, 0.3) is 0 Å². The van der Waals surface area contributed by atoms with Gasteiger partial charge in [0.2, 0.25) is 0 Å². The van der Waals surface area contributed by atoms with Crippen molar-refractivity contribution in [2.24, 2.45) is 0 Å². The molecule has 0 saturated heterocycles. The molecule has 0 fully saturated rings. The average molecular weight is 458 g/mol. The molecule has 31 heavy (non-hydrogen) atoms. The Morgan fingerprint density at radius 1 is 0.387 bits per heavy atom. The van der Waals surface area contributed by atoms with Crippen molar-refractivity contribution in [3.8, 4) is 0 Å². The number of rotatable bonds is 25. The molecule has 0 aliphatic rings. The summed E-state index contributed by atoms with van der Waals surface area (Å²) >= 11 is 0. The van der Waals surface area contributed by atoms with E-state index in [9.17, 15) is 0 Å². The molecule has 0 saturated carbocycles. The molecule has 0 aromatic heterocycles. The summed E-state index contributed by atoms with van der Waals surface area (Å²) in [6.07, 6.45) is 34.5. The topological polar surface area (TPSA) is 3.24 Å². The van der Waals surface area contributed by atoms with E-state index in [1.807, 2.05) is 0 Å². The van der Waals surface area contributed by atoms with Crippen LogP contribution in [0.15, 0.2) is 0 Å². The van der Waals surface area contributed by atoms with E-state index in [-0.39, 0.29) is 0 Å². The van der Waals surface area contributed by atoms with E-state index >= 15 is 0 Å². The molecule has 0 aromatic carbocycles. The van der Waals surface area contributed by atoms with Crippen molar-refractivity contribution < 1.29 is 0 Å². The van der Waals surface area contributed by atoms with Crippen molar-refractivity contribution in [3.63, 3.8) is 0 Å². The summed E-state index contributed by atoms with van der Waals surface area (Å²) in [6, 6.07) is 0. The van der Waals surface area contributed by atoms with Crippen molar-refractivity contribution in [1.29, 1.82) is 0 Å². The maximum atomic E-state index is 2.42. The van der Waals surface area contributed by atoms with Crippen LogP contribution < -0.4 is 0 Å². The second kappa shape index (κ2) is 23.5. The summed E-state index contributed by atoms with van der Waals surface area (Å²) < 4.78 is 0. The summed E-state index contributed by atoms with van der Waals surface area (Å²) in [5, 5.41) is 0. The van der Waals surface area contributed by atoms with E-state index in [0.29, 0.717) is 0 Å². The number of hydrogen-bond acceptors (Lipinski definition) is 1. The summed E-state index contributed by atoms with van der Waals surface area (Å²) in [4.78, 5) is 2.42. The van der Waals surface area contributed by atoms with Crippen molar-refractivity contribution in [2.45, 2.75) is 143 Å². The normalized spacial score (nSPS) is 12.7. The number of nitrogens with zero attached hydrogens (tertiary/aromatic N) is 1. The molecule has 0 heterocycles. The monoisotopic (exact) mass is 457 g/mol. The Morgan fingerprint density at radius 3 is 1.00 bits per heavy atom. The van der Waals surface area contributed by atoms with Gasteiger partial charge in [-0.2, -0.15) is 0 Å². The molecule has 0 radical (unpaired) electrons. The Morgan fingerprint density at radius 2 is 0.677 bits per heavy atom. The molecule has 0 aromatic rings. The van der Waals surface area contributed by atoms with Crippen LogP contribution in [0.2, 0.25) is 0 Å². The summed E-state index contributed by atoms with van der Waals surface area (Å²) in [7, 11) is 3.43. The Kier molecular flexibility index (Phi) is 23.8. The Hall–Kier alpha value is 0.390. The van der Waals surface area contributed by atoms with E-state index in [0.717, 1.165) is 0 Å². The third-order valence-electron chi connectivity index (χ3n) is 7.49. The van der Waals surface area contributed by atoms with Crippen molar-refractivity contribution in [1.82, 2.24) is 4.90 Å². The first-order valence-corrected chi connectivity index (χ1v) is 17.6. The molecule has 0 atom stereocenters. The molecule has 0 bridgehead atoms. The summed E-state index contributed by atoms with van der Waals surface area (Å²) in [5.41, 5.74) is 0. The molecule has 0 aliphatic heterocycles. The van der Waals surface area contributed by atoms with E-state index in [4.69, 9.17) is 0 Å². The van der Waals surface area contributed by atoms with Crippen molar-refractivity contribution in [2.75, 3.05) is 45.3 Å². The van der Waals surface area contributed by atoms with Gasteiger partial charge in [-0.05, 0) is 0 Å². The van der Waals surface area contributed by atoms with Crippen LogP contribution in [0, 0.1) is 0 Å². The first kappa shape index (κ1) is 31.4. The quantitative estimate of drug-likeness (QED) is 0.0973. The van der Waals surface area contributed by atoms with Gasteiger partial charge in [-0.3, -0.25) is 0 Å². The van der Waals surface area contributed by atoms with Gasteiger partial charge in [0.15, 0.2) is 0 Å². The predicted molar refractivity (Wildman–Crippen MR) is 151 cm³/mol. The van der Waals surface area contributed by atoms with Crippen LogP contribution in [-0.4, -0.2) is 50.2 Å². The van der Waals surface area contributed by atoms with Gasteiger partial charge in [-0.25, -0.2) is 0 Å². The van der Waals surface area contributed by atoms with Crippen molar-refractivity contribution in [3.05, 3.63) is 0 Å². The molecular formula is C29H64NP. The van der Waals surface area contributed by atoms with E-state index < -0.39 is 7.26 Å². The molecule has 1 nitrogen and oxygen atoms in total. The number of hydrogen-bond donors (Lipinski definition) is 0. The fraction of sp³-hybridized carbons (Fsp3) is 1.00. The molecule has 190 valence electrons. The molecule has 0 rings (SSSR count). The zero-order chi connectivity index (χ0) is 23.0. The Balaban J connectivity index is 4.72. The minimum absolute atomic E-state index is 1.09. The zero-order valence-corrected chi connectivity index (χ0v) is 23.9. The first-order valence-electron chi connectivity index (χ1n) is 14.7. The predicted octanol–water partition coefficient (Wildman–Crippen LogP) is 9.77. The Bertz CT molecular complexity index is 301. The van der Waals surface area contributed by atoms with Crippen LogP contribution in [0.1, 0.15) is 143 Å². The second-order valence-corrected chi connectivity index (χ2v) is 16.0. The Labute approximate surface area is 200 Å². The molecule has 0 aliphatic carbocycles. The van der Waals surface area contributed by atoms with Gasteiger partial charge in [0.05, 0.1) is 0 Å². The summed E-state index contributed by atoms with van der Waals surface area (Å²) in [5.74, 6) is 0. The van der Waals surface area contributed by atoms with E-state index in [1.165, 1.54) is 109 Å². The number of unbranched alkanes of at least 4 members (excludes halogenated alkanes) is 15. The zero-order valence-electron chi connectivity index (χ0n) is 22.9. The molecule has 0 unspecified atom stereocenters. The SMILES string of the molecule is CCCCCCCC[PH](CCCCCCCC)(CCCCCCCC)CCCN(C)C. The molecule has 0 N–H and O–H groups in total. The van der Waals surface area contributed by atoms with Gasteiger partial charge in [0.25, 0.3) is 0 Å². The van der Waals surface area contributed by atoms with Gasteiger partial charge in [-0.15, -0.1) is 0 Å². The van der Waals surface area contributed by atoms with Gasteiger partial charge in [0.1, 0.15) is 0 Å². The van der Waals surface area contributed by atoms with Gasteiger partial charge in [-0.1, -0.05) is 0 Å². The van der Waals surface area contributed by atoms with Crippen LogP contribution in [-0.2, 0) is 0 Å².